The fourth-order valence-corrected chi connectivity index (χ4v) is 7.78. The van der Waals surface area contributed by atoms with Crippen LogP contribution in [-0.2, 0) is 0 Å². The highest BCUT2D eigenvalue weighted by Crippen LogP contribution is 2.43. The molecular formula is C54H44N4O8. The number of ether oxygens (including phenoxy) is 4. The van der Waals surface area contributed by atoms with Crippen molar-refractivity contribution in [3.63, 3.8) is 0 Å². The smallest absolute Gasteiger partial charge is 0.269 e. The molecule has 0 saturated carbocycles. The number of hydrogen-bond acceptors (Lipinski definition) is 10. The summed E-state index contributed by atoms with van der Waals surface area (Å²) in [6.07, 6.45) is 0. The maximum atomic E-state index is 11.9. The Kier molecular flexibility index (Phi) is 13.0. The first-order valence-electron chi connectivity index (χ1n) is 20.8. The van der Waals surface area contributed by atoms with Gasteiger partial charge in [0.2, 0.25) is 0 Å². The van der Waals surface area contributed by atoms with Gasteiger partial charge in [-0.2, -0.15) is 0 Å². The number of hydrogen-bond donors (Lipinski definition) is 0. The quantitative estimate of drug-likeness (QED) is 0.0525. The minimum Gasteiger partial charge on any atom is -0.497 e. The zero-order valence-electron chi connectivity index (χ0n) is 36.5. The molecule has 0 aromatic heterocycles. The number of rotatable bonds is 16. The van der Waals surface area contributed by atoms with Crippen molar-refractivity contribution in [2.45, 2.75) is 0 Å². The van der Waals surface area contributed by atoms with Gasteiger partial charge in [-0.25, -0.2) is 0 Å². The van der Waals surface area contributed by atoms with Crippen LogP contribution in [0, 0.1) is 20.2 Å². The minimum absolute atomic E-state index is 0.0542. The molecule has 0 saturated heterocycles. The van der Waals surface area contributed by atoms with E-state index in [0.29, 0.717) is 11.1 Å². The van der Waals surface area contributed by atoms with E-state index >= 15 is 0 Å². The molecule has 66 heavy (non-hydrogen) atoms. The maximum Gasteiger partial charge on any atom is 0.269 e. The first-order valence-corrected chi connectivity index (χ1v) is 20.8. The Labute approximate surface area is 382 Å². The van der Waals surface area contributed by atoms with Crippen molar-refractivity contribution < 1.29 is 28.8 Å². The molecular weight excluding hydrogens is 833 g/mol. The van der Waals surface area contributed by atoms with Crippen molar-refractivity contribution in [3.05, 3.63) is 237 Å². The monoisotopic (exact) mass is 876 g/mol. The molecule has 8 aromatic rings. The second kappa shape index (κ2) is 19.7. The van der Waals surface area contributed by atoms with Crippen LogP contribution in [0.3, 0.4) is 0 Å². The van der Waals surface area contributed by atoms with Crippen molar-refractivity contribution in [3.8, 4) is 23.0 Å². The molecule has 0 spiro atoms. The van der Waals surface area contributed by atoms with E-state index in [1.54, 1.807) is 52.7 Å². The Morgan fingerprint density at radius 2 is 0.500 bits per heavy atom. The highest BCUT2D eigenvalue weighted by molar-refractivity contribution is 6.05. The standard InChI is InChI=1S/C54H44N4O8/c1-63-49-29-21-43(22-30-49)55(44-23-31-50(64-2)32-24-44)41-13-5-37(6-14-41)53(39-9-17-47(18-10-39)57(59)60)54(40-11-19-48(20-12-40)58(61)62)38-7-15-42(16-8-38)56(45-25-33-51(65-3)34-26-45)46-27-35-52(66-4)36-28-46/h5-36H,1-4H3. The van der Waals surface area contributed by atoms with Gasteiger partial charge in [-0.1, -0.05) is 24.3 Å². The Morgan fingerprint density at radius 3 is 0.682 bits per heavy atom. The topological polar surface area (TPSA) is 130 Å². The fourth-order valence-electron chi connectivity index (χ4n) is 7.78. The van der Waals surface area contributed by atoms with Crippen LogP contribution in [-0.4, -0.2) is 38.3 Å². The highest BCUT2D eigenvalue weighted by atomic mass is 16.6. The van der Waals surface area contributed by atoms with Crippen molar-refractivity contribution in [1.82, 2.24) is 0 Å². The molecule has 0 unspecified atom stereocenters. The zero-order valence-corrected chi connectivity index (χ0v) is 36.5. The van der Waals surface area contributed by atoms with E-state index in [1.165, 1.54) is 24.3 Å². The summed E-state index contributed by atoms with van der Waals surface area (Å²) in [6, 6.07) is 60.2. The van der Waals surface area contributed by atoms with Crippen molar-refractivity contribution in [1.29, 1.82) is 0 Å². The van der Waals surface area contributed by atoms with Gasteiger partial charge in [-0.15, -0.1) is 0 Å². The van der Waals surface area contributed by atoms with Gasteiger partial charge in [0.05, 0.1) is 38.3 Å². The van der Waals surface area contributed by atoms with Crippen LogP contribution >= 0.6 is 0 Å². The van der Waals surface area contributed by atoms with Gasteiger partial charge in [0, 0.05) is 58.4 Å². The summed E-state index contributed by atoms with van der Waals surface area (Å²) in [4.78, 5) is 27.1. The minimum atomic E-state index is -0.428. The maximum absolute atomic E-state index is 11.9. The van der Waals surface area contributed by atoms with Gasteiger partial charge in [0.1, 0.15) is 23.0 Å². The van der Waals surface area contributed by atoms with Crippen LogP contribution < -0.4 is 28.7 Å². The molecule has 328 valence electrons. The second-order valence-electron chi connectivity index (χ2n) is 14.9. The Hall–Kier alpha value is -8.90. The van der Waals surface area contributed by atoms with E-state index in [-0.39, 0.29) is 11.4 Å². The lowest BCUT2D eigenvalue weighted by atomic mass is 9.85. The highest BCUT2D eigenvalue weighted by Gasteiger charge is 2.21. The zero-order chi connectivity index (χ0) is 46.2. The fraction of sp³-hybridized carbons (Fsp3) is 0.0741. The summed E-state index contributed by atoms with van der Waals surface area (Å²) < 4.78 is 21.8. The molecule has 0 fully saturated rings. The Balaban J connectivity index is 1.32. The lowest BCUT2D eigenvalue weighted by Crippen LogP contribution is -2.10. The van der Waals surface area contributed by atoms with Crippen molar-refractivity contribution in [2.24, 2.45) is 0 Å². The van der Waals surface area contributed by atoms with E-state index < -0.39 is 9.85 Å². The largest absolute Gasteiger partial charge is 0.497 e. The number of nitro benzene ring substituents is 2. The molecule has 0 radical (unpaired) electrons. The van der Waals surface area contributed by atoms with Gasteiger partial charge in [-0.3, -0.25) is 20.2 Å². The Morgan fingerprint density at radius 1 is 0.318 bits per heavy atom. The third kappa shape index (κ3) is 9.38. The summed E-state index contributed by atoms with van der Waals surface area (Å²) in [5.41, 5.74) is 9.68. The lowest BCUT2D eigenvalue weighted by molar-refractivity contribution is -0.385. The van der Waals surface area contributed by atoms with Crippen LogP contribution in [0.2, 0.25) is 0 Å². The lowest BCUT2D eigenvalue weighted by Gasteiger charge is -2.27. The summed E-state index contributed by atoms with van der Waals surface area (Å²) in [7, 11) is 6.52. The predicted octanol–water partition coefficient (Wildman–Crippen LogP) is 13.5. The Bertz CT molecular complexity index is 2660. The molecule has 0 amide bonds. The van der Waals surface area contributed by atoms with Crippen LogP contribution in [0.1, 0.15) is 22.3 Å². The molecule has 0 N–H and O–H groups in total. The molecule has 0 atom stereocenters. The number of nitrogens with zero attached hydrogens (tertiary/aromatic N) is 4. The van der Waals surface area contributed by atoms with Gasteiger partial charge >= 0.3 is 0 Å². The predicted molar refractivity (Wildman–Crippen MR) is 260 cm³/mol. The first kappa shape index (κ1) is 43.7. The van der Waals surface area contributed by atoms with E-state index in [1.807, 2.05) is 146 Å². The molecule has 12 nitrogen and oxygen atoms in total. The normalized spacial score (nSPS) is 11.2. The van der Waals surface area contributed by atoms with Crippen LogP contribution in [0.4, 0.5) is 45.5 Å². The van der Waals surface area contributed by atoms with Crippen LogP contribution in [0.5, 0.6) is 23.0 Å². The van der Waals surface area contributed by atoms with Crippen LogP contribution in [0.25, 0.3) is 11.1 Å². The number of non-ortho nitro benzene ring substituents is 2. The molecule has 0 aliphatic heterocycles. The van der Waals surface area contributed by atoms with Gasteiger partial charge in [0.25, 0.3) is 11.4 Å². The van der Waals surface area contributed by atoms with Gasteiger partial charge in [0.15, 0.2) is 0 Å². The number of benzene rings is 8. The molecule has 0 bridgehead atoms. The molecule has 0 aliphatic rings. The average molecular weight is 877 g/mol. The van der Waals surface area contributed by atoms with E-state index in [9.17, 15) is 20.2 Å². The average Bonchev–Trinajstić information content (AvgIpc) is 3.37. The van der Waals surface area contributed by atoms with E-state index in [2.05, 4.69) is 9.80 Å². The number of anilines is 6. The molecule has 8 rings (SSSR count). The summed E-state index contributed by atoms with van der Waals surface area (Å²) in [6.45, 7) is 0. The van der Waals surface area contributed by atoms with Crippen molar-refractivity contribution in [2.75, 3.05) is 38.2 Å². The first-order chi connectivity index (χ1) is 32.2. The van der Waals surface area contributed by atoms with Gasteiger partial charge in [-0.05, 0) is 179 Å². The third-order valence-corrected chi connectivity index (χ3v) is 11.1. The number of methoxy groups -OCH3 is 4. The third-order valence-electron chi connectivity index (χ3n) is 11.1. The molecule has 0 aliphatic carbocycles. The summed E-state index contributed by atoms with van der Waals surface area (Å²) >= 11 is 0. The van der Waals surface area contributed by atoms with Crippen LogP contribution in [0.15, 0.2) is 194 Å². The SMILES string of the molecule is COc1ccc(N(c2ccc(OC)cc2)c2ccc(C(=C(c3ccc(N(c4ccc(OC)cc4)c4ccc(OC)cc4)cc3)c3ccc([N+](=O)[O-])cc3)c3ccc([N+](=O)[O-])cc3)cc2)cc1. The van der Waals surface area contributed by atoms with Gasteiger partial charge < -0.3 is 28.7 Å². The molecule has 12 heteroatoms. The molecule has 0 heterocycles. The summed E-state index contributed by atoms with van der Waals surface area (Å²) in [5, 5.41) is 23.8. The second-order valence-corrected chi connectivity index (χ2v) is 14.9. The van der Waals surface area contributed by atoms with E-state index in [0.717, 1.165) is 79.4 Å². The van der Waals surface area contributed by atoms with Crippen molar-refractivity contribution >= 4 is 56.6 Å². The van der Waals surface area contributed by atoms with E-state index in [4.69, 9.17) is 18.9 Å². The number of nitro groups is 2. The molecule has 8 aromatic carbocycles. The summed E-state index contributed by atoms with van der Waals surface area (Å²) in [5.74, 6) is 2.90.